The summed E-state index contributed by atoms with van der Waals surface area (Å²) in [6, 6.07) is 5.67. The molecule has 1 atom stereocenters. The topological polar surface area (TPSA) is 43.4 Å². The summed E-state index contributed by atoms with van der Waals surface area (Å²) in [5.74, 6) is -0.296. The van der Waals surface area contributed by atoms with Gasteiger partial charge < -0.3 is 4.74 Å². The van der Waals surface area contributed by atoms with Crippen LogP contribution in [0.4, 0.5) is 0 Å². The second kappa shape index (κ2) is 4.48. The molecular formula is C16H20O3. The molecular weight excluding hydrogens is 240 g/mol. The molecule has 1 aromatic rings. The van der Waals surface area contributed by atoms with Gasteiger partial charge in [0.25, 0.3) is 0 Å². The standard InChI is InChI=1S/C16H20O3/c1-9(2)13(17)16(4,5)14-11-7-6-10(3)8-12(11)15(18)19-14/h6-9,14H,1-5H3. The molecule has 102 valence electrons. The van der Waals surface area contributed by atoms with Crippen molar-refractivity contribution >= 4 is 11.8 Å². The minimum atomic E-state index is -0.704. The number of benzene rings is 1. The Morgan fingerprint density at radius 1 is 1.32 bits per heavy atom. The molecule has 0 amide bonds. The van der Waals surface area contributed by atoms with Gasteiger partial charge in [-0.15, -0.1) is 0 Å². The zero-order valence-electron chi connectivity index (χ0n) is 12.1. The molecule has 0 aromatic heterocycles. The monoisotopic (exact) mass is 260 g/mol. The van der Waals surface area contributed by atoms with Crippen molar-refractivity contribution in [3.63, 3.8) is 0 Å². The molecule has 2 rings (SSSR count). The Balaban J connectivity index is 2.45. The fourth-order valence-corrected chi connectivity index (χ4v) is 2.72. The molecule has 19 heavy (non-hydrogen) atoms. The molecule has 1 unspecified atom stereocenters. The van der Waals surface area contributed by atoms with Gasteiger partial charge in [0, 0.05) is 11.5 Å². The van der Waals surface area contributed by atoms with Crippen LogP contribution in [0.1, 0.15) is 55.3 Å². The molecule has 1 aliphatic rings. The Labute approximate surface area is 114 Å². The lowest BCUT2D eigenvalue weighted by molar-refractivity contribution is -0.136. The number of ether oxygens (including phenoxy) is 1. The number of hydrogen-bond acceptors (Lipinski definition) is 3. The van der Waals surface area contributed by atoms with Crippen LogP contribution in [0.15, 0.2) is 18.2 Å². The van der Waals surface area contributed by atoms with E-state index < -0.39 is 11.5 Å². The fourth-order valence-electron chi connectivity index (χ4n) is 2.72. The third kappa shape index (κ3) is 2.18. The van der Waals surface area contributed by atoms with Gasteiger partial charge in [0.2, 0.25) is 0 Å². The molecule has 0 radical (unpaired) electrons. The van der Waals surface area contributed by atoms with Crippen LogP contribution in [0.25, 0.3) is 0 Å². The Kier molecular flexibility index (Phi) is 3.25. The highest BCUT2D eigenvalue weighted by Gasteiger charge is 2.46. The highest BCUT2D eigenvalue weighted by atomic mass is 16.5. The molecule has 1 aromatic carbocycles. The van der Waals surface area contributed by atoms with E-state index in [0.29, 0.717) is 5.56 Å². The van der Waals surface area contributed by atoms with Crippen molar-refractivity contribution in [2.45, 2.75) is 40.7 Å². The molecule has 0 bridgehead atoms. The SMILES string of the molecule is Cc1ccc2c(c1)C(=O)OC2C(C)(C)C(=O)C(C)C. The Hall–Kier alpha value is -1.64. The van der Waals surface area contributed by atoms with Crippen molar-refractivity contribution in [1.82, 2.24) is 0 Å². The summed E-state index contributed by atoms with van der Waals surface area (Å²) >= 11 is 0. The molecule has 0 aliphatic carbocycles. The minimum absolute atomic E-state index is 0.0804. The summed E-state index contributed by atoms with van der Waals surface area (Å²) in [4.78, 5) is 24.3. The predicted molar refractivity (Wildman–Crippen MR) is 73.0 cm³/mol. The third-order valence-corrected chi connectivity index (χ3v) is 3.75. The number of cyclic esters (lactones) is 1. The van der Waals surface area contributed by atoms with E-state index in [1.165, 1.54) is 0 Å². The fraction of sp³-hybridized carbons (Fsp3) is 0.500. The predicted octanol–water partition coefficient (Wildman–Crippen LogP) is 3.46. The van der Waals surface area contributed by atoms with E-state index in [0.717, 1.165) is 11.1 Å². The molecule has 0 spiro atoms. The summed E-state index contributed by atoms with van der Waals surface area (Å²) < 4.78 is 5.46. The van der Waals surface area contributed by atoms with Gasteiger partial charge in [-0.05, 0) is 26.8 Å². The molecule has 1 aliphatic heterocycles. The van der Waals surface area contributed by atoms with E-state index in [1.54, 1.807) is 0 Å². The van der Waals surface area contributed by atoms with Crippen LogP contribution in [-0.2, 0) is 9.53 Å². The van der Waals surface area contributed by atoms with Crippen LogP contribution < -0.4 is 0 Å². The van der Waals surface area contributed by atoms with Crippen LogP contribution in [0.5, 0.6) is 0 Å². The van der Waals surface area contributed by atoms with E-state index in [4.69, 9.17) is 4.74 Å². The number of ketones is 1. The van der Waals surface area contributed by atoms with Gasteiger partial charge in [0.15, 0.2) is 0 Å². The molecule has 1 heterocycles. The van der Waals surface area contributed by atoms with Crippen molar-refractivity contribution in [1.29, 1.82) is 0 Å². The van der Waals surface area contributed by atoms with Gasteiger partial charge in [0.1, 0.15) is 11.9 Å². The second-order valence-corrected chi connectivity index (χ2v) is 6.12. The Bertz CT molecular complexity index is 541. The van der Waals surface area contributed by atoms with Gasteiger partial charge in [-0.2, -0.15) is 0 Å². The first-order chi connectivity index (χ1) is 8.75. The maximum absolute atomic E-state index is 12.3. The lowest BCUT2D eigenvalue weighted by Crippen LogP contribution is -2.34. The van der Waals surface area contributed by atoms with Crippen LogP contribution >= 0.6 is 0 Å². The van der Waals surface area contributed by atoms with E-state index in [1.807, 2.05) is 52.8 Å². The highest BCUT2D eigenvalue weighted by molar-refractivity contribution is 5.96. The first-order valence-corrected chi connectivity index (χ1v) is 6.61. The number of hydrogen-bond donors (Lipinski definition) is 0. The summed E-state index contributed by atoms with van der Waals surface area (Å²) in [5, 5.41) is 0. The highest BCUT2D eigenvalue weighted by Crippen LogP contribution is 2.44. The Morgan fingerprint density at radius 3 is 2.53 bits per heavy atom. The molecule has 0 saturated heterocycles. The van der Waals surface area contributed by atoms with E-state index in [-0.39, 0.29) is 17.7 Å². The number of esters is 1. The van der Waals surface area contributed by atoms with Crippen molar-refractivity contribution in [2.75, 3.05) is 0 Å². The summed E-state index contributed by atoms with van der Waals surface area (Å²) in [5.41, 5.74) is 1.73. The van der Waals surface area contributed by atoms with Crippen molar-refractivity contribution in [3.8, 4) is 0 Å². The minimum Gasteiger partial charge on any atom is -0.453 e. The summed E-state index contributed by atoms with van der Waals surface area (Å²) in [7, 11) is 0. The number of Topliss-reactive ketones (excluding diaryl/α,β-unsaturated/α-hetero) is 1. The van der Waals surface area contributed by atoms with Crippen molar-refractivity contribution in [3.05, 3.63) is 34.9 Å². The molecule has 3 nitrogen and oxygen atoms in total. The molecule has 0 N–H and O–H groups in total. The number of carbonyl (C=O) groups is 2. The van der Waals surface area contributed by atoms with Gasteiger partial charge >= 0.3 is 5.97 Å². The Morgan fingerprint density at radius 2 is 1.95 bits per heavy atom. The van der Waals surface area contributed by atoms with Crippen LogP contribution in [0.3, 0.4) is 0 Å². The average molecular weight is 260 g/mol. The second-order valence-electron chi connectivity index (χ2n) is 6.12. The van der Waals surface area contributed by atoms with Gasteiger partial charge in [-0.25, -0.2) is 4.79 Å². The third-order valence-electron chi connectivity index (χ3n) is 3.75. The first kappa shape index (κ1) is 13.8. The zero-order valence-corrected chi connectivity index (χ0v) is 12.1. The normalized spacial score (nSPS) is 18.4. The van der Waals surface area contributed by atoms with Crippen LogP contribution in [0.2, 0.25) is 0 Å². The summed E-state index contributed by atoms with van der Waals surface area (Å²) in [6.45, 7) is 9.38. The quantitative estimate of drug-likeness (QED) is 0.782. The van der Waals surface area contributed by atoms with E-state index >= 15 is 0 Å². The maximum Gasteiger partial charge on any atom is 0.339 e. The average Bonchev–Trinajstić information content (AvgIpc) is 2.66. The maximum atomic E-state index is 12.3. The smallest absolute Gasteiger partial charge is 0.339 e. The number of rotatable bonds is 3. The summed E-state index contributed by atoms with van der Waals surface area (Å²) in [6.07, 6.45) is -0.481. The van der Waals surface area contributed by atoms with Crippen LogP contribution in [-0.4, -0.2) is 11.8 Å². The first-order valence-electron chi connectivity index (χ1n) is 6.61. The lowest BCUT2D eigenvalue weighted by atomic mass is 9.75. The van der Waals surface area contributed by atoms with Gasteiger partial charge in [-0.1, -0.05) is 31.5 Å². The van der Waals surface area contributed by atoms with Gasteiger partial charge in [-0.3, -0.25) is 4.79 Å². The van der Waals surface area contributed by atoms with Crippen molar-refractivity contribution < 1.29 is 14.3 Å². The number of carbonyl (C=O) groups excluding carboxylic acids is 2. The molecule has 0 fully saturated rings. The van der Waals surface area contributed by atoms with Gasteiger partial charge in [0.05, 0.1) is 11.0 Å². The largest absolute Gasteiger partial charge is 0.453 e. The number of aryl methyl sites for hydroxylation is 1. The zero-order chi connectivity index (χ0) is 14.4. The number of fused-ring (bicyclic) bond motifs is 1. The lowest BCUT2D eigenvalue weighted by Gasteiger charge is -2.30. The van der Waals surface area contributed by atoms with Crippen molar-refractivity contribution in [2.24, 2.45) is 11.3 Å². The molecule has 0 saturated carbocycles. The van der Waals surface area contributed by atoms with E-state index in [2.05, 4.69) is 0 Å². The van der Waals surface area contributed by atoms with Crippen LogP contribution in [0, 0.1) is 18.3 Å². The van der Waals surface area contributed by atoms with E-state index in [9.17, 15) is 9.59 Å². The molecule has 3 heteroatoms.